The highest BCUT2D eigenvalue weighted by atomic mass is 16.5. The molecule has 2 aromatic rings. The lowest BCUT2D eigenvalue weighted by Crippen LogP contribution is -2.34. The quantitative estimate of drug-likeness (QED) is 0.900. The Balaban J connectivity index is 1.97. The van der Waals surface area contributed by atoms with E-state index in [0.29, 0.717) is 11.6 Å². The Morgan fingerprint density at radius 2 is 2.05 bits per heavy atom. The normalized spacial score (nSPS) is 10.3. The van der Waals surface area contributed by atoms with E-state index in [4.69, 9.17) is 4.74 Å². The molecule has 1 aromatic heterocycles. The number of aryl methyl sites for hydroxylation is 1. The van der Waals surface area contributed by atoms with E-state index >= 15 is 0 Å². The molecule has 2 amide bonds. The predicted molar refractivity (Wildman–Crippen MR) is 82.8 cm³/mol. The molecule has 2 rings (SSSR count). The maximum absolute atomic E-state index is 11.6. The number of ether oxygens (including phenoxy) is 1. The van der Waals surface area contributed by atoms with Crippen LogP contribution in [0.15, 0.2) is 42.6 Å². The lowest BCUT2D eigenvalue weighted by Gasteiger charge is -2.10. The monoisotopic (exact) mass is 285 g/mol. The highest BCUT2D eigenvalue weighted by Crippen LogP contribution is 2.21. The van der Waals surface area contributed by atoms with Gasteiger partial charge in [0.1, 0.15) is 5.75 Å². The first-order valence-electron chi connectivity index (χ1n) is 6.81. The van der Waals surface area contributed by atoms with Gasteiger partial charge in [-0.1, -0.05) is 12.1 Å². The van der Waals surface area contributed by atoms with Crippen molar-refractivity contribution in [2.75, 3.05) is 5.32 Å². The second-order valence-electron chi connectivity index (χ2n) is 5.06. The van der Waals surface area contributed by atoms with Crippen molar-refractivity contribution in [3.05, 3.63) is 48.2 Å². The smallest absolute Gasteiger partial charge is 0.319 e. The highest BCUT2D eigenvalue weighted by Gasteiger charge is 2.04. The van der Waals surface area contributed by atoms with Crippen molar-refractivity contribution in [2.45, 2.75) is 26.8 Å². The molecular formula is C16H19N3O2. The number of hydrogen-bond donors (Lipinski definition) is 2. The summed E-state index contributed by atoms with van der Waals surface area (Å²) in [6.07, 6.45) is 1.56. The van der Waals surface area contributed by atoms with E-state index < -0.39 is 0 Å². The van der Waals surface area contributed by atoms with Crippen LogP contribution in [0, 0.1) is 6.92 Å². The third-order valence-electron chi connectivity index (χ3n) is 2.63. The number of aromatic nitrogens is 1. The number of carbonyl (C=O) groups excluding carboxylic acids is 1. The molecule has 0 saturated heterocycles. The summed E-state index contributed by atoms with van der Waals surface area (Å²) in [5, 5.41) is 5.45. The fraction of sp³-hybridized carbons (Fsp3) is 0.250. The number of urea groups is 1. The molecule has 0 saturated carbocycles. The van der Waals surface area contributed by atoms with Crippen molar-refractivity contribution in [3.8, 4) is 11.6 Å². The molecule has 0 bridgehead atoms. The van der Waals surface area contributed by atoms with E-state index in [1.807, 2.05) is 45.0 Å². The third kappa shape index (κ3) is 4.80. The number of hydrogen-bond acceptors (Lipinski definition) is 3. The Kier molecular flexibility index (Phi) is 4.77. The Hall–Kier alpha value is -2.56. The molecule has 0 radical (unpaired) electrons. The average molecular weight is 285 g/mol. The van der Waals surface area contributed by atoms with Crippen molar-refractivity contribution in [2.24, 2.45) is 0 Å². The van der Waals surface area contributed by atoms with Crippen LogP contribution in [-0.4, -0.2) is 17.1 Å². The third-order valence-corrected chi connectivity index (χ3v) is 2.63. The van der Waals surface area contributed by atoms with Crippen LogP contribution >= 0.6 is 0 Å². The summed E-state index contributed by atoms with van der Waals surface area (Å²) in [5.74, 6) is 1.22. The molecule has 2 N–H and O–H groups in total. The Bertz CT molecular complexity index is 609. The molecule has 5 nitrogen and oxygen atoms in total. The van der Waals surface area contributed by atoms with E-state index in [-0.39, 0.29) is 12.1 Å². The number of nitrogens with zero attached hydrogens (tertiary/aromatic N) is 1. The molecule has 110 valence electrons. The van der Waals surface area contributed by atoms with Crippen molar-refractivity contribution < 1.29 is 9.53 Å². The highest BCUT2D eigenvalue weighted by molar-refractivity contribution is 5.89. The zero-order valence-electron chi connectivity index (χ0n) is 12.4. The fourth-order valence-corrected chi connectivity index (χ4v) is 1.74. The van der Waals surface area contributed by atoms with Gasteiger partial charge in [-0.3, -0.25) is 0 Å². The molecule has 0 aliphatic rings. The van der Waals surface area contributed by atoms with E-state index in [9.17, 15) is 4.79 Å². The number of pyridine rings is 1. The second kappa shape index (κ2) is 6.74. The number of amides is 2. The van der Waals surface area contributed by atoms with Gasteiger partial charge in [-0.15, -0.1) is 0 Å². The van der Waals surface area contributed by atoms with Gasteiger partial charge in [0, 0.05) is 12.1 Å². The van der Waals surface area contributed by atoms with Gasteiger partial charge in [-0.25, -0.2) is 9.78 Å². The van der Waals surface area contributed by atoms with Crippen molar-refractivity contribution in [3.63, 3.8) is 0 Å². The maximum Gasteiger partial charge on any atom is 0.319 e. The van der Waals surface area contributed by atoms with E-state index in [2.05, 4.69) is 15.6 Å². The van der Waals surface area contributed by atoms with Gasteiger partial charge < -0.3 is 15.4 Å². The minimum Gasteiger partial charge on any atom is -0.439 e. The Morgan fingerprint density at radius 3 is 2.67 bits per heavy atom. The first-order valence-corrected chi connectivity index (χ1v) is 6.81. The lowest BCUT2D eigenvalue weighted by molar-refractivity contribution is 0.250. The van der Waals surface area contributed by atoms with Crippen LogP contribution in [0.2, 0.25) is 0 Å². The number of anilines is 1. The minimum atomic E-state index is -0.251. The average Bonchev–Trinajstić information content (AvgIpc) is 2.40. The van der Waals surface area contributed by atoms with Gasteiger partial charge in [-0.2, -0.15) is 0 Å². The van der Waals surface area contributed by atoms with Gasteiger partial charge in [0.15, 0.2) is 0 Å². The summed E-state index contributed by atoms with van der Waals surface area (Å²) in [7, 11) is 0. The summed E-state index contributed by atoms with van der Waals surface area (Å²) in [4.78, 5) is 15.7. The van der Waals surface area contributed by atoms with Crippen LogP contribution in [0.4, 0.5) is 10.5 Å². The van der Waals surface area contributed by atoms with Gasteiger partial charge in [0.25, 0.3) is 0 Å². The van der Waals surface area contributed by atoms with Gasteiger partial charge in [0.05, 0.1) is 11.9 Å². The van der Waals surface area contributed by atoms with E-state index in [1.165, 1.54) is 0 Å². The largest absolute Gasteiger partial charge is 0.439 e. The summed E-state index contributed by atoms with van der Waals surface area (Å²) < 4.78 is 5.64. The van der Waals surface area contributed by atoms with Crippen molar-refractivity contribution in [1.82, 2.24) is 10.3 Å². The van der Waals surface area contributed by atoms with Gasteiger partial charge in [-0.05, 0) is 44.5 Å². The molecule has 0 fully saturated rings. The minimum absolute atomic E-state index is 0.0851. The summed E-state index contributed by atoms with van der Waals surface area (Å²) in [5.41, 5.74) is 1.74. The number of benzene rings is 1. The van der Waals surface area contributed by atoms with Crippen LogP contribution in [0.1, 0.15) is 19.4 Å². The first-order chi connectivity index (χ1) is 10.0. The van der Waals surface area contributed by atoms with Crippen molar-refractivity contribution >= 4 is 11.7 Å². The molecule has 0 spiro atoms. The van der Waals surface area contributed by atoms with Crippen molar-refractivity contribution in [1.29, 1.82) is 0 Å². The molecule has 1 aromatic carbocycles. The maximum atomic E-state index is 11.6. The molecule has 0 aliphatic heterocycles. The van der Waals surface area contributed by atoms with E-state index in [0.717, 1.165) is 11.3 Å². The molecule has 0 aliphatic carbocycles. The Labute approximate surface area is 124 Å². The predicted octanol–water partition coefficient (Wildman–Crippen LogP) is 3.71. The van der Waals surface area contributed by atoms with Crippen LogP contribution in [-0.2, 0) is 0 Å². The topological polar surface area (TPSA) is 63.2 Å². The number of rotatable bonds is 4. The zero-order valence-corrected chi connectivity index (χ0v) is 12.4. The molecule has 0 unspecified atom stereocenters. The second-order valence-corrected chi connectivity index (χ2v) is 5.06. The lowest BCUT2D eigenvalue weighted by atomic mass is 10.2. The fourth-order valence-electron chi connectivity index (χ4n) is 1.74. The van der Waals surface area contributed by atoms with Crippen LogP contribution in [0.3, 0.4) is 0 Å². The Morgan fingerprint density at radius 1 is 1.24 bits per heavy atom. The standard InChI is InChI=1S/C16H19N3O2/c1-11(2)18-16(20)19-13-7-8-15(17-10-13)21-14-6-4-5-12(3)9-14/h4-11H,1-3H3,(H2,18,19,20). The summed E-state index contributed by atoms with van der Waals surface area (Å²) in [6, 6.07) is 11.0. The van der Waals surface area contributed by atoms with Gasteiger partial charge in [0.2, 0.25) is 5.88 Å². The first kappa shape index (κ1) is 14.8. The molecular weight excluding hydrogens is 266 g/mol. The van der Waals surface area contributed by atoms with Crippen LogP contribution in [0.25, 0.3) is 0 Å². The van der Waals surface area contributed by atoms with Crippen LogP contribution < -0.4 is 15.4 Å². The number of nitrogens with one attached hydrogen (secondary N) is 2. The zero-order chi connectivity index (χ0) is 15.2. The van der Waals surface area contributed by atoms with Crippen LogP contribution in [0.5, 0.6) is 11.6 Å². The van der Waals surface area contributed by atoms with E-state index in [1.54, 1.807) is 18.3 Å². The summed E-state index contributed by atoms with van der Waals surface area (Å²) in [6.45, 7) is 5.80. The summed E-state index contributed by atoms with van der Waals surface area (Å²) >= 11 is 0. The molecule has 1 heterocycles. The van der Waals surface area contributed by atoms with Gasteiger partial charge >= 0.3 is 6.03 Å². The molecule has 21 heavy (non-hydrogen) atoms. The molecule has 0 atom stereocenters. The number of carbonyl (C=O) groups is 1. The SMILES string of the molecule is Cc1cccc(Oc2ccc(NC(=O)NC(C)C)cn2)c1. The molecule has 5 heteroatoms.